The molecule has 2 N–H and O–H groups in total. The summed E-state index contributed by atoms with van der Waals surface area (Å²) < 4.78 is 0. The number of aliphatic hydroxyl groups is 1. The number of fused-ring (bicyclic) bond motifs is 1. The molecule has 3 nitrogen and oxygen atoms in total. The highest BCUT2D eigenvalue weighted by molar-refractivity contribution is 5.83. The molecule has 19 heavy (non-hydrogen) atoms. The van der Waals surface area contributed by atoms with Crippen molar-refractivity contribution in [2.24, 2.45) is 0 Å². The summed E-state index contributed by atoms with van der Waals surface area (Å²) in [6.07, 6.45) is 5.55. The van der Waals surface area contributed by atoms with E-state index in [4.69, 9.17) is 5.11 Å². The van der Waals surface area contributed by atoms with Gasteiger partial charge in [-0.05, 0) is 49.9 Å². The highest BCUT2D eigenvalue weighted by atomic mass is 16.3. The topological polar surface area (TPSA) is 39.3 Å². The van der Waals surface area contributed by atoms with E-state index in [1.807, 2.05) is 0 Å². The van der Waals surface area contributed by atoms with Gasteiger partial charge in [0, 0.05) is 30.3 Å². The lowest BCUT2D eigenvalue weighted by atomic mass is 9.89. The quantitative estimate of drug-likeness (QED) is 0.885. The fraction of sp³-hybridized carbons (Fsp3) is 0.500. The molecule has 0 spiro atoms. The molecule has 1 fully saturated rings. The van der Waals surface area contributed by atoms with Gasteiger partial charge in [-0.2, -0.15) is 0 Å². The number of benzene rings is 1. The van der Waals surface area contributed by atoms with Crippen LogP contribution >= 0.6 is 0 Å². The number of aliphatic hydroxyl groups excluding tert-OH is 1. The van der Waals surface area contributed by atoms with Crippen molar-refractivity contribution in [3.63, 3.8) is 0 Å². The van der Waals surface area contributed by atoms with Crippen LogP contribution in [0.5, 0.6) is 0 Å². The van der Waals surface area contributed by atoms with Gasteiger partial charge in [-0.25, -0.2) is 0 Å². The Hall–Kier alpha value is -1.32. The van der Waals surface area contributed by atoms with E-state index in [-0.39, 0.29) is 0 Å². The summed E-state index contributed by atoms with van der Waals surface area (Å²) in [7, 11) is 0. The number of aromatic amines is 1. The van der Waals surface area contributed by atoms with Gasteiger partial charge >= 0.3 is 0 Å². The van der Waals surface area contributed by atoms with Crippen LogP contribution in [0.1, 0.15) is 30.7 Å². The Kier molecular flexibility index (Phi) is 3.85. The highest BCUT2D eigenvalue weighted by Crippen LogP contribution is 2.32. The summed E-state index contributed by atoms with van der Waals surface area (Å²) in [5.74, 6) is 0.682. The van der Waals surface area contributed by atoms with Gasteiger partial charge in [0.2, 0.25) is 0 Å². The Morgan fingerprint density at radius 3 is 2.79 bits per heavy atom. The summed E-state index contributed by atoms with van der Waals surface area (Å²) in [6.45, 7) is 3.66. The van der Waals surface area contributed by atoms with Gasteiger partial charge in [0.25, 0.3) is 0 Å². The average molecular weight is 258 g/mol. The summed E-state index contributed by atoms with van der Waals surface area (Å²) in [5.41, 5.74) is 2.73. The van der Waals surface area contributed by atoms with Crippen LogP contribution in [0.25, 0.3) is 10.9 Å². The lowest BCUT2D eigenvalue weighted by molar-refractivity contribution is 0.188. The van der Waals surface area contributed by atoms with Gasteiger partial charge in [-0.1, -0.05) is 18.2 Å². The van der Waals surface area contributed by atoms with Crippen molar-refractivity contribution in [1.29, 1.82) is 0 Å². The summed E-state index contributed by atoms with van der Waals surface area (Å²) in [5, 5.41) is 10.3. The molecule has 0 radical (unpaired) electrons. The fourth-order valence-corrected chi connectivity index (χ4v) is 3.19. The zero-order chi connectivity index (χ0) is 13.1. The average Bonchev–Trinajstić information content (AvgIpc) is 2.90. The smallest absolute Gasteiger partial charge is 0.0456 e. The van der Waals surface area contributed by atoms with Crippen molar-refractivity contribution in [2.45, 2.75) is 25.2 Å². The van der Waals surface area contributed by atoms with Crippen LogP contribution < -0.4 is 0 Å². The van der Waals surface area contributed by atoms with E-state index in [1.165, 1.54) is 29.3 Å². The van der Waals surface area contributed by atoms with E-state index in [2.05, 4.69) is 40.3 Å². The molecule has 0 unspecified atom stereocenters. The maximum atomic E-state index is 8.89. The van der Waals surface area contributed by atoms with Crippen molar-refractivity contribution in [3.8, 4) is 0 Å². The maximum absolute atomic E-state index is 8.89. The number of para-hydroxylation sites is 1. The second-order valence-electron chi connectivity index (χ2n) is 5.48. The van der Waals surface area contributed by atoms with Crippen molar-refractivity contribution in [2.75, 3.05) is 26.2 Å². The highest BCUT2D eigenvalue weighted by Gasteiger charge is 2.22. The molecule has 1 aliphatic heterocycles. The molecule has 1 aromatic heterocycles. The number of piperidine rings is 1. The number of rotatable bonds is 4. The van der Waals surface area contributed by atoms with Crippen molar-refractivity contribution in [1.82, 2.24) is 9.88 Å². The van der Waals surface area contributed by atoms with E-state index in [0.717, 1.165) is 26.1 Å². The first-order valence-corrected chi connectivity index (χ1v) is 7.27. The molecule has 0 bridgehead atoms. The molecular formula is C16H22N2O. The minimum atomic E-state index is 0.308. The van der Waals surface area contributed by atoms with E-state index >= 15 is 0 Å². The standard InChI is InChI=1S/C16H22N2O/c19-11-3-8-18-9-6-13(7-10-18)15-12-17-16-5-2-1-4-14(15)16/h1-2,4-5,12-13,17,19H,3,6-11H2. The number of nitrogens with zero attached hydrogens (tertiary/aromatic N) is 1. The predicted octanol–water partition coefficient (Wildman–Crippen LogP) is 2.73. The van der Waals surface area contributed by atoms with Gasteiger partial charge < -0.3 is 15.0 Å². The Balaban J connectivity index is 1.68. The first-order valence-electron chi connectivity index (χ1n) is 7.27. The third kappa shape index (κ3) is 2.67. The van der Waals surface area contributed by atoms with Crippen LogP contribution in [-0.4, -0.2) is 41.2 Å². The lowest BCUT2D eigenvalue weighted by Crippen LogP contribution is -2.33. The third-order valence-electron chi connectivity index (χ3n) is 4.28. The minimum Gasteiger partial charge on any atom is -0.396 e. The van der Waals surface area contributed by atoms with Crippen molar-refractivity contribution < 1.29 is 5.11 Å². The Morgan fingerprint density at radius 1 is 1.21 bits per heavy atom. The number of aromatic nitrogens is 1. The molecule has 102 valence electrons. The monoisotopic (exact) mass is 258 g/mol. The summed E-state index contributed by atoms with van der Waals surface area (Å²) in [4.78, 5) is 5.86. The normalized spacial score (nSPS) is 18.2. The molecular weight excluding hydrogens is 236 g/mol. The number of hydrogen-bond donors (Lipinski definition) is 2. The molecule has 0 saturated carbocycles. The number of H-pyrrole nitrogens is 1. The zero-order valence-electron chi connectivity index (χ0n) is 11.3. The molecule has 3 heteroatoms. The second kappa shape index (κ2) is 5.76. The van der Waals surface area contributed by atoms with Gasteiger partial charge in [0.1, 0.15) is 0 Å². The fourth-order valence-electron chi connectivity index (χ4n) is 3.19. The van der Waals surface area contributed by atoms with Crippen LogP contribution in [0.15, 0.2) is 30.5 Å². The lowest BCUT2D eigenvalue weighted by Gasteiger charge is -2.31. The Bertz CT molecular complexity index is 526. The number of hydrogen-bond acceptors (Lipinski definition) is 2. The molecule has 0 aliphatic carbocycles. The van der Waals surface area contributed by atoms with Gasteiger partial charge in [0.15, 0.2) is 0 Å². The molecule has 2 aromatic rings. The van der Waals surface area contributed by atoms with Gasteiger partial charge in [-0.3, -0.25) is 0 Å². The van der Waals surface area contributed by atoms with Crippen LogP contribution in [0.3, 0.4) is 0 Å². The van der Waals surface area contributed by atoms with E-state index < -0.39 is 0 Å². The first kappa shape index (κ1) is 12.7. The van der Waals surface area contributed by atoms with Crippen LogP contribution in [0.2, 0.25) is 0 Å². The molecule has 1 saturated heterocycles. The van der Waals surface area contributed by atoms with E-state index in [9.17, 15) is 0 Å². The van der Waals surface area contributed by atoms with Gasteiger partial charge in [0.05, 0.1) is 0 Å². The largest absolute Gasteiger partial charge is 0.396 e. The molecule has 0 amide bonds. The van der Waals surface area contributed by atoms with Crippen molar-refractivity contribution >= 4 is 10.9 Å². The number of nitrogens with one attached hydrogen (secondary N) is 1. The summed E-state index contributed by atoms with van der Waals surface area (Å²) in [6, 6.07) is 8.57. The maximum Gasteiger partial charge on any atom is 0.0456 e. The minimum absolute atomic E-state index is 0.308. The molecule has 2 heterocycles. The van der Waals surface area contributed by atoms with Crippen LogP contribution in [0.4, 0.5) is 0 Å². The predicted molar refractivity (Wildman–Crippen MR) is 78.4 cm³/mol. The van der Waals surface area contributed by atoms with Crippen molar-refractivity contribution in [3.05, 3.63) is 36.0 Å². The Labute approximate surface area is 114 Å². The summed E-state index contributed by atoms with van der Waals surface area (Å²) >= 11 is 0. The van der Waals surface area contributed by atoms with Crippen LogP contribution in [0, 0.1) is 0 Å². The molecule has 0 atom stereocenters. The van der Waals surface area contributed by atoms with Gasteiger partial charge in [-0.15, -0.1) is 0 Å². The molecule has 1 aromatic carbocycles. The van der Waals surface area contributed by atoms with E-state index in [0.29, 0.717) is 12.5 Å². The SMILES string of the molecule is OCCCN1CCC(c2c[nH]c3ccccc23)CC1. The van der Waals surface area contributed by atoms with E-state index in [1.54, 1.807) is 0 Å². The Morgan fingerprint density at radius 2 is 2.00 bits per heavy atom. The van der Waals surface area contributed by atoms with Crippen LogP contribution in [-0.2, 0) is 0 Å². The zero-order valence-corrected chi connectivity index (χ0v) is 11.3. The molecule has 3 rings (SSSR count). The molecule has 1 aliphatic rings. The second-order valence-corrected chi connectivity index (χ2v) is 5.48. The number of likely N-dealkylation sites (tertiary alicyclic amines) is 1. The third-order valence-corrected chi connectivity index (χ3v) is 4.28. The first-order chi connectivity index (χ1) is 9.38.